The number of carbonyl (C=O) groups excluding carboxylic acids is 1. The Balaban J connectivity index is 1.73. The third-order valence-corrected chi connectivity index (χ3v) is 4.73. The molecule has 1 amide bonds. The largest absolute Gasteiger partial charge is 0.336 e. The minimum atomic E-state index is 0.201. The summed E-state index contributed by atoms with van der Waals surface area (Å²) >= 11 is 6.13. The number of nitrogens with zero attached hydrogens (tertiary/aromatic N) is 1. The molecular formula is C15H19ClN2O. The summed E-state index contributed by atoms with van der Waals surface area (Å²) in [7, 11) is 0. The molecule has 0 spiro atoms. The van der Waals surface area contributed by atoms with Gasteiger partial charge in [0, 0.05) is 23.1 Å². The molecule has 0 aliphatic carbocycles. The molecule has 2 aliphatic rings. The van der Waals surface area contributed by atoms with Gasteiger partial charge in [-0.15, -0.1) is 0 Å². The first-order valence-electron chi connectivity index (χ1n) is 6.95. The van der Waals surface area contributed by atoms with Crippen molar-refractivity contribution in [3.63, 3.8) is 0 Å². The van der Waals surface area contributed by atoms with Gasteiger partial charge in [-0.1, -0.05) is 29.8 Å². The first kappa shape index (κ1) is 12.9. The molecule has 1 aromatic carbocycles. The summed E-state index contributed by atoms with van der Waals surface area (Å²) in [4.78, 5) is 14.6. The third-order valence-electron chi connectivity index (χ3n) is 4.36. The van der Waals surface area contributed by atoms with E-state index in [9.17, 15) is 4.79 Å². The second-order valence-corrected chi connectivity index (χ2v) is 6.09. The van der Waals surface area contributed by atoms with Crippen molar-refractivity contribution in [2.75, 3.05) is 0 Å². The lowest BCUT2D eigenvalue weighted by atomic mass is 9.97. The van der Waals surface area contributed by atoms with Crippen molar-refractivity contribution in [1.29, 1.82) is 0 Å². The number of fused-ring (bicyclic) bond motifs is 2. The van der Waals surface area contributed by atoms with E-state index in [4.69, 9.17) is 17.3 Å². The van der Waals surface area contributed by atoms with Gasteiger partial charge in [-0.25, -0.2) is 0 Å². The first-order chi connectivity index (χ1) is 9.15. The molecule has 2 unspecified atom stereocenters. The number of hydrogen-bond donors (Lipinski definition) is 1. The highest BCUT2D eigenvalue weighted by molar-refractivity contribution is 6.31. The predicted molar refractivity (Wildman–Crippen MR) is 76.0 cm³/mol. The van der Waals surface area contributed by atoms with E-state index >= 15 is 0 Å². The summed E-state index contributed by atoms with van der Waals surface area (Å²) in [5, 5.41) is 0.678. The van der Waals surface area contributed by atoms with Crippen molar-refractivity contribution in [2.24, 2.45) is 5.73 Å². The number of amides is 1. The van der Waals surface area contributed by atoms with Crippen LogP contribution in [0.5, 0.6) is 0 Å². The highest BCUT2D eigenvalue weighted by atomic mass is 35.5. The molecule has 1 aromatic rings. The van der Waals surface area contributed by atoms with E-state index in [0.717, 1.165) is 31.2 Å². The third kappa shape index (κ3) is 2.49. The molecule has 102 valence electrons. The average Bonchev–Trinajstić information content (AvgIpc) is 2.65. The molecule has 0 saturated carbocycles. The van der Waals surface area contributed by atoms with E-state index in [1.807, 2.05) is 24.3 Å². The van der Waals surface area contributed by atoms with Gasteiger partial charge in [-0.2, -0.15) is 0 Å². The highest BCUT2D eigenvalue weighted by Gasteiger charge is 2.41. The molecule has 2 fully saturated rings. The average molecular weight is 279 g/mol. The summed E-state index contributed by atoms with van der Waals surface area (Å²) in [6, 6.07) is 8.55. The van der Waals surface area contributed by atoms with Crippen LogP contribution in [-0.2, 0) is 11.2 Å². The zero-order chi connectivity index (χ0) is 13.4. The van der Waals surface area contributed by atoms with Gasteiger partial charge in [0.05, 0.1) is 6.42 Å². The molecule has 2 N–H and O–H groups in total. The zero-order valence-electron chi connectivity index (χ0n) is 10.9. The fourth-order valence-corrected chi connectivity index (χ4v) is 3.72. The first-order valence-corrected chi connectivity index (χ1v) is 7.33. The molecule has 0 radical (unpaired) electrons. The summed E-state index contributed by atoms with van der Waals surface area (Å²) in [5.74, 6) is 0.201. The van der Waals surface area contributed by atoms with Crippen LogP contribution in [0.4, 0.5) is 0 Å². The number of carbonyl (C=O) groups is 1. The monoisotopic (exact) mass is 278 g/mol. The second kappa shape index (κ2) is 5.14. The Morgan fingerprint density at radius 2 is 1.89 bits per heavy atom. The number of hydrogen-bond acceptors (Lipinski definition) is 2. The summed E-state index contributed by atoms with van der Waals surface area (Å²) < 4.78 is 0. The maximum Gasteiger partial charge on any atom is 0.227 e. The fraction of sp³-hybridized carbons (Fsp3) is 0.533. The van der Waals surface area contributed by atoms with Crippen molar-refractivity contribution < 1.29 is 4.79 Å². The van der Waals surface area contributed by atoms with Crippen LogP contribution in [0, 0.1) is 0 Å². The second-order valence-electron chi connectivity index (χ2n) is 5.69. The SMILES string of the molecule is NC1CC2CCC(C1)N2C(=O)Cc1ccccc1Cl. The number of benzene rings is 1. The molecule has 3 nitrogen and oxygen atoms in total. The van der Waals surface area contributed by atoms with Crippen LogP contribution in [0.3, 0.4) is 0 Å². The Bertz CT molecular complexity index is 477. The van der Waals surface area contributed by atoms with Crippen LogP contribution in [0.2, 0.25) is 5.02 Å². The molecule has 2 saturated heterocycles. The smallest absolute Gasteiger partial charge is 0.227 e. The van der Waals surface area contributed by atoms with Gasteiger partial charge in [0.25, 0.3) is 0 Å². The fourth-order valence-electron chi connectivity index (χ4n) is 3.52. The van der Waals surface area contributed by atoms with E-state index in [1.54, 1.807) is 0 Å². The Labute approximate surface area is 118 Å². The summed E-state index contributed by atoms with van der Waals surface area (Å²) in [6.45, 7) is 0. The van der Waals surface area contributed by atoms with Crippen molar-refractivity contribution >= 4 is 17.5 Å². The number of piperidine rings is 1. The molecule has 2 aliphatic heterocycles. The van der Waals surface area contributed by atoms with E-state index in [-0.39, 0.29) is 11.9 Å². The van der Waals surface area contributed by atoms with Gasteiger partial charge < -0.3 is 10.6 Å². The van der Waals surface area contributed by atoms with Crippen LogP contribution in [0.25, 0.3) is 0 Å². The maximum absolute atomic E-state index is 12.5. The van der Waals surface area contributed by atoms with Crippen molar-refractivity contribution in [2.45, 2.75) is 50.2 Å². The predicted octanol–water partition coefficient (Wildman–Crippen LogP) is 2.36. The highest BCUT2D eigenvalue weighted by Crippen LogP contribution is 2.35. The molecule has 2 atom stereocenters. The molecular weight excluding hydrogens is 260 g/mol. The Hall–Kier alpha value is -1.06. The Morgan fingerprint density at radius 3 is 2.53 bits per heavy atom. The van der Waals surface area contributed by atoms with E-state index in [0.29, 0.717) is 23.5 Å². The molecule has 0 aromatic heterocycles. The minimum Gasteiger partial charge on any atom is -0.336 e. The van der Waals surface area contributed by atoms with E-state index < -0.39 is 0 Å². The van der Waals surface area contributed by atoms with Gasteiger partial charge in [-0.05, 0) is 37.3 Å². The maximum atomic E-state index is 12.5. The normalized spacial score (nSPS) is 29.6. The van der Waals surface area contributed by atoms with E-state index in [1.165, 1.54) is 0 Å². The van der Waals surface area contributed by atoms with Gasteiger partial charge >= 0.3 is 0 Å². The van der Waals surface area contributed by atoms with Crippen LogP contribution in [0.15, 0.2) is 24.3 Å². The van der Waals surface area contributed by atoms with Crippen molar-refractivity contribution in [1.82, 2.24) is 4.90 Å². The summed E-state index contributed by atoms with van der Waals surface area (Å²) in [6.07, 6.45) is 4.51. The van der Waals surface area contributed by atoms with Gasteiger partial charge in [-0.3, -0.25) is 4.79 Å². The Kier molecular flexibility index (Phi) is 3.50. The lowest BCUT2D eigenvalue weighted by molar-refractivity contribution is -0.135. The quantitative estimate of drug-likeness (QED) is 0.903. The van der Waals surface area contributed by atoms with Gasteiger partial charge in [0.2, 0.25) is 5.91 Å². The number of rotatable bonds is 2. The molecule has 4 heteroatoms. The van der Waals surface area contributed by atoms with Crippen LogP contribution in [0.1, 0.15) is 31.2 Å². The molecule has 2 bridgehead atoms. The molecule has 19 heavy (non-hydrogen) atoms. The molecule has 3 rings (SSSR count). The van der Waals surface area contributed by atoms with Crippen LogP contribution < -0.4 is 5.73 Å². The number of nitrogens with two attached hydrogens (primary N) is 1. The lowest BCUT2D eigenvalue weighted by Crippen LogP contribution is -2.50. The van der Waals surface area contributed by atoms with E-state index in [2.05, 4.69) is 4.90 Å². The molecule has 2 heterocycles. The van der Waals surface area contributed by atoms with Crippen molar-refractivity contribution in [3.05, 3.63) is 34.9 Å². The Morgan fingerprint density at radius 1 is 1.26 bits per heavy atom. The zero-order valence-corrected chi connectivity index (χ0v) is 11.6. The minimum absolute atomic E-state index is 0.201. The topological polar surface area (TPSA) is 46.3 Å². The van der Waals surface area contributed by atoms with Crippen LogP contribution >= 0.6 is 11.6 Å². The van der Waals surface area contributed by atoms with Crippen molar-refractivity contribution in [3.8, 4) is 0 Å². The summed E-state index contributed by atoms with van der Waals surface area (Å²) in [5.41, 5.74) is 6.96. The van der Waals surface area contributed by atoms with Crippen LogP contribution in [-0.4, -0.2) is 28.9 Å². The number of halogens is 1. The van der Waals surface area contributed by atoms with Gasteiger partial charge in [0.15, 0.2) is 0 Å². The standard InChI is InChI=1S/C15H19ClN2O/c16-14-4-2-1-3-10(14)7-15(19)18-12-5-6-13(18)9-11(17)8-12/h1-4,11-13H,5-9,17H2. The lowest BCUT2D eigenvalue weighted by Gasteiger charge is -2.37. The van der Waals surface area contributed by atoms with Gasteiger partial charge in [0.1, 0.15) is 0 Å².